The summed E-state index contributed by atoms with van der Waals surface area (Å²) < 4.78 is 1.95. The van der Waals surface area contributed by atoms with Crippen molar-refractivity contribution >= 4 is 11.8 Å². The summed E-state index contributed by atoms with van der Waals surface area (Å²) in [6.45, 7) is 3.22. The third-order valence-electron chi connectivity index (χ3n) is 3.27. The first-order chi connectivity index (χ1) is 10.7. The molecule has 0 radical (unpaired) electrons. The molecule has 0 bridgehead atoms. The van der Waals surface area contributed by atoms with Gasteiger partial charge in [-0.2, -0.15) is 0 Å². The van der Waals surface area contributed by atoms with Crippen molar-refractivity contribution in [3.05, 3.63) is 54.1 Å². The van der Waals surface area contributed by atoms with E-state index in [0.717, 1.165) is 18.5 Å². The Morgan fingerprint density at radius 3 is 2.77 bits per heavy atom. The Balaban J connectivity index is 1.65. The summed E-state index contributed by atoms with van der Waals surface area (Å²) in [4.78, 5) is 27.6. The lowest BCUT2D eigenvalue weighted by atomic mass is 10.1. The molecule has 1 heterocycles. The Morgan fingerprint density at radius 2 is 2.05 bits per heavy atom. The third kappa shape index (κ3) is 4.73. The van der Waals surface area contributed by atoms with E-state index in [1.165, 1.54) is 0 Å². The largest absolute Gasteiger partial charge is 0.355 e. The van der Waals surface area contributed by atoms with Crippen LogP contribution in [-0.4, -0.2) is 34.5 Å². The Bertz CT molecular complexity index is 623. The van der Waals surface area contributed by atoms with E-state index in [1.54, 1.807) is 24.7 Å². The Hall–Kier alpha value is -2.63. The first kappa shape index (κ1) is 15.8. The van der Waals surface area contributed by atoms with Crippen molar-refractivity contribution in [3.63, 3.8) is 0 Å². The fourth-order valence-corrected chi connectivity index (χ4v) is 2.05. The van der Waals surface area contributed by atoms with E-state index in [0.29, 0.717) is 12.1 Å². The molecule has 0 atom stereocenters. The van der Waals surface area contributed by atoms with Crippen LogP contribution in [0.25, 0.3) is 0 Å². The second-order valence-corrected chi connectivity index (χ2v) is 5.00. The minimum atomic E-state index is -0.230. The summed E-state index contributed by atoms with van der Waals surface area (Å²) in [6, 6.07) is 7.29. The molecule has 1 aromatic heterocycles. The van der Waals surface area contributed by atoms with E-state index < -0.39 is 0 Å². The molecule has 116 valence electrons. The quantitative estimate of drug-likeness (QED) is 0.753. The van der Waals surface area contributed by atoms with E-state index in [-0.39, 0.29) is 18.4 Å². The molecule has 2 amide bonds. The number of benzene rings is 1. The van der Waals surface area contributed by atoms with Gasteiger partial charge in [-0.1, -0.05) is 18.2 Å². The van der Waals surface area contributed by atoms with Crippen LogP contribution in [0.2, 0.25) is 0 Å². The summed E-state index contributed by atoms with van der Waals surface area (Å²) in [6.07, 6.45) is 6.15. The first-order valence-corrected chi connectivity index (χ1v) is 7.23. The van der Waals surface area contributed by atoms with Gasteiger partial charge in [0.15, 0.2) is 0 Å². The summed E-state index contributed by atoms with van der Waals surface area (Å²) in [5.74, 6) is -0.417. The standard InChI is InChI=1S/C16H20N4O2/c1-13-5-2-3-6-14(13)16(22)19-11-15(21)18-7-4-9-20-10-8-17-12-20/h2-3,5-6,8,10,12H,4,7,9,11H2,1H3,(H,18,21)(H,19,22). The first-order valence-electron chi connectivity index (χ1n) is 7.23. The SMILES string of the molecule is Cc1ccccc1C(=O)NCC(=O)NCCCn1ccnc1. The van der Waals surface area contributed by atoms with Gasteiger partial charge in [0.05, 0.1) is 12.9 Å². The number of hydrogen-bond donors (Lipinski definition) is 2. The minimum absolute atomic E-state index is 0.0156. The predicted molar refractivity (Wildman–Crippen MR) is 83.4 cm³/mol. The Kier molecular flexibility index (Phi) is 5.71. The van der Waals surface area contributed by atoms with Crippen molar-refractivity contribution in [1.29, 1.82) is 0 Å². The lowest BCUT2D eigenvalue weighted by Gasteiger charge is -2.08. The molecular weight excluding hydrogens is 280 g/mol. The highest BCUT2D eigenvalue weighted by Gasteiger charge is 2.09. The smallest absolute Gasteiger partial charge is 0.251 e. The maximum atomic E-state index is 12.0. The number of nitrogens with zero attached hydrogens (tertiary/aromatic N) is 2. The summed E-state index contributed by atoms with van der Waals surface area (Å²) in [5.41, 5.74) is 1.48. The normalized spacial score (nSPS) is 10.2. The number of hydrogen-bond acceptors (Lipinski definition) is 3. The highest BCUT2D eigenvalue weighted by atomic mass is 16.2. The number of rotatable bonds is 7. The van der Waals surface area contributed by atoms with Gasteiger partial charge in [0.1, 0.15) is 0 Å². The molecule has 0 aliphatic carbocycles. The number of aryl methyl sites for hydroxylation is 2. The second kappa shape index (κ2) is 7.97. The fraction of sp³-hybridized carbons (Fsp3) is 0.312. The summed E-state index contributed by atoms with van der Waals surface area (Å²) in [7, 11) is 0. The van der Waals surface area contributed by atoms with Crippen LogP contribution in [0.5, 0.6) is 0 Å². The van der Waals surface area contributed by atoms with Gasteiger partial charge in [-0.25, -0.2) is 4.98 Å². The molecule has 6 nitrogen and oxygen atoms in total. The molecule has 22 heavy (non-hydrogen) atoms. The maximum Gasteiger partial charge on any atom is 0.251 e. The van der Waals surface area contributed by atoms with Crippen molar-refractivity contribution in [1.82, 2.24) is 20.2 Å². The summed E-state index contributed by atoms with van der Waals surface area (Å²) in [5, 5.41) is 5.41. The zero-order valence-electron chi connectivity index (χ0n) is 12.6. The summed E-state index contributed by atoms with van der Waals surface area (Å²) >= 11 is 0. The zero-order valence-corrected chi connectivity index (χ0v) is 12.6. The Labute approximate surface area is 129 Å². The van der Waals surface area contributed by atoms with Crippen LogP contribution < -0.4 is 10.6 Å². The molecule has 0 fully saturated rings. The highest BCUT2D eigenvalue weighted by molar-refractivity contribution is 5.97. The van der Waals surface area contributed by atoms with Crippen molar-refractivity contribution < 1.29 is 9.59 Å². The van der Waals surface area contributed by atoms with E-state index in [1.807, 2.05) is 29.8 Å². The molecule has 0 spiro atoms. The number of nitrogens with one attached hydrogen (secondary N) is 2. The van der Waals surface area contributed by atoms with Gasteiger partial charge in [0, 0.05) is 31.0 Å². The molecule has 2 rings (SSSR count). The number of aromatic nitrogens is 2. The molecule has 2 N–H and O–H groups in total. The van der Waals surface area contributed by atoms with E-state index in [9.17, 15) is 9.59 Å². The molecule has 1 aromatic carbocycles. The van der Waals surface area contributed by atoms with Crippen molar-refractivity contribution in [2.24, 2.45) is 0 Å². The zero-order chi connectivity index (χ0) is 15.8. The highest BCUT2D eigenvalue weighted by Crippen LogP contribution is 2.05. The molecule has 0 unspecified atom stereocenters. The molecule has 0 aliphatic heterocycles. The lowest BCUT2D eigenvalue weighted by Crippen LogP contribution is -2.37. The van der Waals surface area contributed by atoms with Crippen LogP contribution in [0, 0.1) is 6.92 Å². The van der Waals surface area contributed by atoms with Crippen molar-refractivity contribution in [3.8, 4) is 0 Å². The van der Waals surface area contributed by atoms with Crippen LogP contribution in [0.3, 0.4) is 0 Å². The number of imidazole rings is 1. The molecule has 6 heteroatoms. The van der Waals surface area contributed by atoms with Crippen LogP contribution in [0.1, 0.15) is 22.3 Å². The third-order valence-corrected chi connectivity index (χ3v) is 3.27. The van der Waals surface area contributed by atoms with E-state index >= 15 is 0 Å². The van der Waals surface area contributed by atoms with Gasteiger partial charge in [0.25, 0.3) is 5.91 Å². The topological polar surface area (TPSA) is 76.0 Å². The monoisotopic (exact) mass is 300 g/mol. The van der Waals surface area contributed by atoms with Crippen LogP contribution in [-0.2, 0) is 11.3 Å². The van der Waals surface area contributed by atoms with Crippen LogP contribution >= 0.6 is 0 Å². The number of amides is 2. The molecule has 0 saturated carbocycles. The van der Waals surface area contributed by atoms with E-state index in [2.05, 4.69) is 15.6 Å². The molecule has 0 saturated heterocycles. The average Bonchev–Trinajstić information content (AvgIpc) is 3.03. The minimum Gasteiger partial charge on any atom is -0.355 e. The number of carbonyl (C=O) groups is 2. The Morgan fingerprint density at radius 1 is 1.23 bits per heavy atom. The van der Waals surface area contributed by atoms with Gasteiger partial charge >= 0.3 is 0 Å². The number of carbonyl (C=O) groups excluding carboxylic acids is 2. The van der Waals surface area contributed by atoms with Gasteiger partial charge in [-0.05, 0) is 25.0 Å². The van der Waals surface area contributed by atoms with Crippen molar-refractivity contribution in [2.75, 3.05) is 13.1 Å². The van der Waals surface area contributed by atoms with Crippen molar-refractivity contribution in [2.45, 2.75) is 19.9 Å². The average molecular weight is 300 g/mol. The van der Waals surface area contributed by atoms with Crippen LogP contribution in [0.4, 0.5) is 0 Å². The van der Waals surface area contributed by atoms with E-state index in [4.69, 9.17) is 0 Å². The van der Waals surface area contributed by atoms with Gasteiger partial charge in [-0.3, -0.25) is 9.59 Å². The maximum absolute atomic E-state index is 12.0. The van der Waals surface area contributed by atoms with Gasteiger partial charge < -0.3 is 15.2 Å². The predicted octanol–water partition coefficient (Wildman–Crippen LogP) is 1.13. The van der Waals surface area contributed by atoms with Gasteiger partial charge in [-0.15, -0.1) is 0 Å². The molecule has 0 aliphatic rings. The van der Waals surface area contributed by atoms with Gasteiger partial charge in [0.2, 0.25) is 5.91 Å². The molecular formula is C16H20N4O2. The molecule has 2 aromatic rings. The second-order valence-electron chi connectivity index (χ2n) is 5.00. The lowest BCUT2D eigenvalue weighted by molar-refractivity contribution is -0.120. The fourth-order valence-electron chi connectivity index (χ4n) is 2.05. The van der Waals surface area contributed by atoms with Crippen LogP contribution in [0.15, 0.2) is 43.0 Å².